The van der Waals surface area contributed by atoms with Gasteiger partial charge in [-0.25, -0.2) is 0 Å². The second-order valence-electron chi connectivity index (χ2n) is 9.30. The highest BCUT2D eigenvalue weighted by Crippen LogP contribution is 2.31. The predicted octanol–water partition coefficient (Wildman–Crippen LogP) is 6.43. The van der Waals surface area contributed by atoms with Crippen LogP contribution in [0.15, 0.2) is 116 Å². The second kappa shape index (κ2) is 10.2. The van der Waals surface area contributed by atoms with Crippen molar-refractivity contribution in [2.45, 2.75) is 6.54 Å². The number of carbonyl (C=O) groups excluding carboxylic acids is 1. The van der Waals surface area contributed by atoms with Crippen molar-refractivity contribution in [1.82, 2.24) is 9.88 Å². The summed E-state index contributed by atoms with van der Waals surface area (Å²) in [6, 6.07) is 35.0. The molecule has 0 atom stereocenters. The van der Waals surface area contributed by atoms with Gasteiger partial charge in [-0.15, -0.1) is 0 Å². The topological polar surface area (TPSA) is 48.5 Å². The number of fused-ring (bicyclic) bond motifs is 2. The van der Waals surface area contributed by atoms with Crippen LogP contribution in [0.3, 0.4) is 0 Å². The number of pyridine rings is 1. The van der Waals surface area contributed by atoms with E-state index < -0.39 is 0 Å². The van der Waals surface area contributed by atoms with E-state index in [1.165, 1.54) is 5.56 Å². The summed E-state index contributed by atoms with van der Waals surface area (Å²) in [4.78, 5) is 22.4. The Morgan fingerprint density at radius 2 is 1.65 bits per heavy atom. The molecule has 5 nitrogen and oxygen atoms in total. The number of anilines is 2. The third-order valence-corrected chi connectivity index (χ3v) is 6.97. The zero-order chi connectivity index (χ0) is 25.0. The normalized spacial score (nSPS) is 13.2. The molecule has 0 aliphatic carbocycles. The minimum absolute atomic E-state index is 0.0648. The van der Waals surface area contributed by atoms with Gasteiger partial charge >= 0.3 is 0 Å². The third-order valence-electron chi connectivity index (χ3n) is 6.97. The van der Waals surface area contributed by atoms with Gasteiger partial charge in [-0.1, -0.05) is 72.8 Å². The maximum atomic E-state index is 13.9. The van der Waals surface area contributed by atoms with Gasteiger partial charge in [-0.2, -0.15) is 0 Å². The highest BCUT2D eigenvalue weighted by Gasteiger charge is 2.25. The number of nitrogens with zero attached hydrogens (tertiary/aromatic N) is 3. The zero-order valence-corrected chi connectivity index (χ0v) is 20.5. The standard InChI is InChI=1S/C32H28N4O/c37-32(30-14-6-11-25-10-4-5-13-29(25)30)35-18-19-36(23-34-28-12-7-17-33-21-28)31-16-15-26(20-27(31)22-35)24-8-2-1-3-9-24/h1-17,20-21,34H,18-19,22-23H2. The lowest BCUT2D eigenvalue weighted by molar-refractivity contribution is 0.0753. The summed E-state index contributed by atoms with van der Waals surface area (Å²) < 4.78 is 0. The molecule has 6 rings (SSSR count). The molecule has 1 aliphatic heterocycles. The summed E-state index contributed by atoms with van der Waals surface area (Å²) in [6.45, 7) is 2.54. The first kappa shape index (κ1) is 22.8. The van der Waals surface area contributed by atoms with Crippen LogP contribution in [0.5, 0.6) is 0 Å². The fraction of sp³-hybridized carbons (Fsp3) is 0.125. The SMILES string of the molecule is O=C(c1cccc2ccccc12)N1CCN(CNc2cccnc2)c2ccc(-c3ccccc3)cc2C1. The van der Waals surface area contributed by atoms with Crippen molar-refractivity contribution >= 4 is 28.1 Å². The molecular weight excluding hydrogens is 456 g/mol. The van der Waals surface area contributed by atoms with Gasteiger partial charge in [-0.3, -0.25) is 9.78 Å². The lowest BCUT2D eigenvalue weighted by Gasteiger charge is -2.26. The van der Waals surface area contributed by atoms with Crippen molar-refractivity contribution in [3.8, 4) is 11.1 Å². The van der Waals surface area contributed by atoms with Gasteiger partial charge in [0.05, 0.1) is 12.4 Å². The fourth-order valence-electron chi connectivity index (χ4n) is 5.05. The molecule has 1 aromatic heterocycles. The van der Waals surface area contributed by atoms with Gasteiger partial charge in [-0.05, 0) is 57.8 Å². The number of hydrogen-bond donors (Lipinski definition) is 1. The number of rotatable bonds is 5. The quantitative estimate of drug-likeness (QED) is 0.312. The monoisotopic (exact) mass is 484 g/mol. The first-order valence-electron chi connectivity index (χ1n) is 12.6. The van der Waals surface area contributed by atoms with Crippen LogP contribution in [0.4, 0.5) is 11.4 Å². The number of amides is 1. The lowest BCUT2D eigenvalue weighted by Crippen LogP contribution is -2.37. The molecule has 1 aliphatic rings. The minimum Gasteiger partial charge on any atom is -0.367 e. The largest absolute Gasteiger partial charge is 0.367 e. The molecule has 4 aromatic carbocycles. The summed E-state index contributed by atoms with van der Waals surface area (Å²) in [5, 5.41) is 5.56. The van der Waals surface area contributed by atoms with E-state index in [9.17, 15) is 4.79 Å². The van der Waals surface area contributed by atoms with Gasteiger partial charge in [0.1, 0.15) is 0 Å². The molecule has 0 spiro atoms. The van der Waals surface area contributed by atoms with E-state index in [-0.39, 0.29) is 5.91 Å². The second-order valence-corrected chi connectivity index (χ2v) is 9.30. The van der Waals surface area contributed by atoms with Gasteiger partial charge in [0.25, 0.3) is 5.91 Å². The van der Waals surface area contributed by atoms with Crippen LogP contribution in [-0.2, 0) is 6.54 Å². The summed E-state index contributed by atoms with van der Waals surface area (Å²) in [5.41, 5.74) is 6.32. The van der Waals surface area contributed by atoms with E-state index >= 15 is 0 Å². The maximum absolute atomic E-state index is 13.9. The molecular formula is C32H28N4O. The van der Waals surface area contributed by atoms with Gasteiger partial charge < -0.3 is 15.1 Å². The summed E-state index contributed by atoms with van der Waals surface area (Å²) >= 11 is 0. The highest BCUT2D eigenvalue weighted by molar-refractivity contribution is 6.07. The molecule has 0 saturated heterocycles. The fourth-order valence-corrected chi connectivity index (χ4v) is 5.05. The smallest absolute Gasteiger partial charge is 0.254 e. The Labute approximate surface area is 217 Å². The molecule has 0 unspecified atom stereocenters. The Bertz CT molecular complexity index is 1530. The average molecular weight is 485 g/mol. The van der Waals surface area contributed by atoms with E-state index in [1.807, 2.05) is 59.6 Å². The Morgan fingerprint density at radius 3 is 2.51 bits per heavy atom. The van der Waals surface area contributed by atoms with Gasteiger partial charge in [0.2, 0.25) is 0 Å². The van der Waals surface area contributed by atoms with Crippen molar-refractivity contribution in [3.63, 3.8) is 0 Å². The summed E-state index contributed by atoms with van der Waals surface area (Å²) in [5.74, 6) is 0.0648. The third kappa shape index (κ3) is 4.76. The number of aromatic nitrogens is 1. The number of carbonyl (C=O) groups is 1. The number of hydrogen-bond acceptors (Lipinski definition) is 4. The summed E-state index contributed by atoms with van der Waals surface area (Å²) in [7, 11) is 0. The van der Waals surface area contributed by atoms with Crippen LogP contribution in [0.1, 0.15) is 15.9 Å². The molecule has 0 radical (unpaired) electrons. The van der Waals surface area contributed by atoms with Crippen molar-refractivity contribution in [1.29, 1.82) is 0 Å². The van der Waals surface area contributed by atoms with Crippen molar-refractivity contribution < 1.29 is 4.79 Å². The molecule has 5 heteroatoms. The molecule has 0 saturated carbocycles. The predicted molar refractivity (Wildman–Crippen MR) is 151 cm³/mol. The minimum atomic E-state index is 0.0648. The van der Waals surface area contributed by atoms with Crippen LogP contribution in [-0.4, -0.2) is 35.5 Å². The van der Waals surface area contributed by atoms with E-state index in [0.29, 0.717) is 19.8 Å². The van der Waals surface area contributed by atoms with E-state index in [2.05, 4.69) is 69.8 Å². The molecule has 0 fully saturated rings. The molecule has 1 amide bonds. The first-order chi connectivity index (χ1) is 18.3. The number of benzene rings is 4. The molecule has 2 heterocycles. The van der Waals surface area contributed by atoms with Crippen LogP contribution >= 0.6 is 0 Å². The number of nitrogens with one attached hydrogen (secondary N) is 1. The van der Waals surface area contributed by atoms with E-state index in [0.717, 1.165) is 45.4 Å². The van der Waals surface area contributed by atoms with Gasteiger partial charge in [0.15, 0.2) is 0 Å². The Hall–Kier alpha value is -4.64. The van der Waals surface area contributed by atoms with Crippen molar-refractivity contribution in [2.24, 2.45) is 0 Å². The van der Waals surface area contributed by atoms with Crippen LogP contribution < -0.4 is 10.2 Å². The highest BCUT2D eigenvalue weighted by atomic mass is 16.2. The molecule has 182 valence electrons. The van der Waals surface area contributed by atoms with Gasteiger partial charge in [0, 0.05) is 43.3 Å². The molecule has 37 heavy (non-hydrogen) atoms. The Kier molecular flexibility index (Phi) is 6.26. The Balaban J connectivity index is 1.35. The van der Waals surface area contributed by atoms with Crippen LogP contribution in [0.2, 0.25) is 0 Å². The summed E-state index contributed by atoms with van der Waals surface area (Å²) in [6.07, 6.45) is 3.60. The van der Waals surface area contributed by atoms with Crippen LogP contribution in [0.25, 0.3) is 21.9 Å². The lowest BCUT2D eigenvalue weighted by atomic mass is 10.0. The maximum Gasteiger partial charge on any atom is 0.254 e. The van der Waals surface area contributed by atoms with E-state index in [1.54, 1.807) is 6.20 Å². The molecule has 5 aromatic rings. The molecule has 0 bridgehead atoms. The van der Waals surface area contributed by atoms with Crippen molar-refractivity contribution in [3.05, 3.63) is 127 Å². The van der Waals surface area contributed by atoms with Crippen molar-refractivity contribution in [2.75, 3.05) is 30.0 Å². The first-order valence-corrected chi connectivity index (χ1v) is 12.6. The Morgan fingerprint density at radius 1 is 0.811 bits per heavy atom. The zero-order valence-electron chi connectivity index (χ0n) is 20.5. The molecule has 1 N–H and O–H groups in total. The van der Waals surface area contributed by atoms with Crippen LogP contribution in [0, 0.1) is 0 Å². The van der Waals surface area contributed by atoms with E-state index in [4.69, 9.17) is 0 Å². The average Bonchev–Trinajstić information content (AvgIpc) is 3.15.